The molecule has 8 heteroatoms. The van der Waals surface area contributed by atoms with Gasteiger partial charge in [-0.1, -0.05) is 74.5 Å². The van der Waals surface area contributed by atoms with Gasteiger partial charge >= 0.3 is 0 Å². The number of hydrogen-bond acceptors (Lipinski definition) is 6. The quantitative estimate of drug-likeness (QED) is 0.225. The van der Waals surface area contributed by atoms with Crippen LogP contribution in [0.3, 0.4) is 0 Å². The molecule has 218 valence electrons. The molecule has 0 aliphatic carbocycles. The number of amides is 2. The number of carbonyl (C=O) groups is 2. The van der Waals surface area contributed by atoms with Crippen LogP contribution in [0.4, 0.5) is 0 Å². The number of benzene rings is 3. The van der Waals surface area contributed by atoms with Crippen molar-refractivity contribution in [3.05, 3.63) is 102 Å². The molecular formula is C33H41N3O4S. The summed E-state index contributed by atoms with van der Waals surface area (Å²) in [5, 5.41) is 28.6. The van der Waals surface area contributed by atoms with E-state index in [2.05, 4.69) is 14.9 Å². The molecule has 41 heavy (non-hydrogen) atoms. The van der Waals surface area contributed by atoms with Gasteiger partial charge in [-0.05, 0) is 72.5 Å². The Morgan fingerprint density at radius 3 is 2.00 bits per heavy atom. The van der Waals surface area contributed by atoms with Gasteiger partial charge in [0.1, 0.15) is 6.10 Å². The lowest BCUT2D eigenvalue weighted by Crippen LogP contribution is -2.54. The molecule has 7 nitrogen and oxygen atoms in total. The average molecular weight is 576 g/mol. The second kappa shape index (κ2) is 15.2. The lowest BCUT2D eigenvalue weighted by Gasteiger charge is -2.33. The molecule has 1 saturated heterocycles. The van der Waals surface area contributed by atoms with E-state index in [1.54, 1.807) is 24.1 Å². The van der Waals surface area contributed by atoms with Crippen LogP contribution < -0.4 is 10.6 Å². The minimum absolute atomic E-state index is 0.246. The van der Waals surface area contributed by atoms with Gasteiger partial charge in [0, 0.05) is 30.1 Å². The third-order valence-electron chi connectivity index (χ3n) is 7.49. The van der Waals surface area contributed by atoms with Gasteiger partial charge in [-0.25, -0.2) is 4.31 Å². The van der Waals surface area contributed by atoms with Crippen LogP contribution in [-0.2, 0) is 17.8 Å². The summed E-state index contributed by atoms with van der Waals surface area (Å²) in [6.45, 7) is 6.14. The molecular weight excluding hydrogens is 534 g/mol. The zero-order valence-electron chi connectivity index (χ0n) is 23.8. The summed E-state index contributed by atoms with van der Waals surface area (Å²) in [5.74, 6) is -1.80. The molecule has 1 aliphatic rings. The van der Waals surface area contributed by atoms with Crippen molar-refractivity contribution < 1.29 is 19.8 Å². The van der Waals surface area contributed by atoms with E-state index >= 15 is 0 Å². The summed E-state index contributed by atoms with van der Waals surface area (Å²) < 4.78 is 2.32. The van der Waals surface area contributed by atoms with E-state index in [9.17, 15) is 19.8 Å². The highest BCUT2D eigenvalue weighted by Crippen LogP contribution is 2.27. The first-order valence-electron chi connectivity index (χ1n) is 14.4. The molecule has 4 atom stereocenters. The van der Waals surface area contributed by atoms with E-state index in [0.29, 0.717) is 18.5 Å². The normalized spacial score (nSPS) is 16.6. The zero-order chi connectivity index (χ0) is 29.2. The molecule has 4 N–H and O–H groups in total. The van der Waals surface area contributed by atoms with Crippen molar-refractivity contribution >= 4 is 23.8 Å². The maximum absolute atomic E-state index is 13.3. The van der Waals surface area contributed by atoms with Crippen LogP contribution in [0.15, 0.2) is 89.8 Å². The van der Waals surface area contributed by atoms with E-state index in [0.717, 1.165) is 29.1 Å². The summed E-state index contributed by atoms with van der Waals surface area (Å²) in [7, 11) is 0. The molecule has 1 heterocycles. The van der Waals surface area contributed by atoms with E-state index in [4.69, 9.17) is 0 Å². The van der Waals surface area contributed by atoms with Crippen LogP contribution >= 0.6 is 11.9 Å². The molecule has 1 aliphatic heterocycles. The van der Waals surface area contributed by atoms with Crippen molar-refractivity contribution in [2.45, 2.75) is 62.8 Å². The number of aliphatic hydroxyl groups excluding tert-OH is 2. The van der Waals surface area contributed by atoms with Crippen LogP contribution in [0.5, 0.6) is 0 Å². The van der Waals surface area contributed by atoms with Crippen molar-refractivity contribution in [1.29, 1.82) is 0 Å². The number of hydrogen-bond donors (Lipinski definition) is 4. The number of nitrogens with one attached hydrogen (secondary N) is 2. The summed E-state index contributed by atoms with van der Waals surface area (Å²) in [6, 6.07) is 25.7. The van der Waals surface area contributed by atoms with Gasteiger partial charge in [0.2, 0.25) is 5.91 Å². The summed E-state index contributed by atoms with van der Waals surface area (Å²) in [5.41, 5.74) is 2.31. The Kier molecular flexibility index (Phi) is 11.4. The lowest BCUT2D eigenvalue weighted by atomic mass is 9.83. The van der Waals surface area contributed by atoms with Gasteiger partial charge < -0.3 is 20.8 Å². The van der Waals surface area contributed by atoms with E-state index in [1.807, 2.05) is 86.6 Å². The highest BCUT2D eigenvalue weighted by Gasteiger charge is 2.38. The van der Waals surface area contributed by atoms with Crippen LogP contribution in [0.25, 0.3) is 0 Å². The first-order valence-corrected chi connectivity index (χ1v) is 15.1. The molecule has 2 amide bonds. The van der Waals surface area contributed by atoms with Gasteiger partial charge in [-0.2, -0.15) is 0 Å². The lowest BCUT2D eigenvalue weighted by molar-refractivity contribution is -0.135. The van der Waals surface area contributed by atoms with Gasteiger partial charge in [-0.3, -0.25) is 9.59 Å². The monoisotopic (exact) mass is 575 g/mol. The van der Waals surface area contributed by atoms with E-state index < -0.39 is 24.2 Å². The number of carbonyl (C=O) groups excluding carboxylic acids is 2. The first-order chi connectivity index (χ1) is 19.8. The Hall–Kier alpha value is -3.17. The van der Waals surface area contributed by atoms with Crippen molar-refractivity contribution in [3.8, 4) is 0 Å². The molecule has 3 aromatic rings. The maximum atomic E-state index is 13.3. The predicted octanol–water partition coefficient (Wildman–Crippen LogP) is 4.44. The highest BCUT2D eigenvalue weighted by atomic mass is 32.2. The summed E-state index contributed by atoms with van der Waals surface area (Å²) in [6.07, 6.45) is -0.0595. The Morgan fingerprint density at radius 1 is 0.829 bits per heavy atom. The number of rotatable bonds is 13. The topological polar surface area (TPSA) is 102 Å². The van der Waals surface area contributed by atoms with E-state index in [1.165, 1.54) is 12.8 Å². The minimum Gasteiger partial charge on any atom is -0.390 e. The molecule has 0 radical (unpaired) electrons. The fourth-order valence-corrected chi connectivity index (χ4v) is 6.17. The van der Waals surface area contributed by atoms with Crippen LogP contribution in [0, 0.1) is 11.8 Å². The molecule has 0 spiro atoms. The van der Waals surface area contributed by atoms with Crippen molar-refractivity contribution in [2.75, 3.05) is 13.1 Å². The molecule has 0 unspecified atom stereocenters. The first kappa shape index (κ1) is 30.8. The Labute approximate surface area is 247 Å². The van der Waals surface area contributed by atoms with Crippen molar-refractivity contribution in [3.63, 3.8) is 0 Å². The SMILES string of the molecule is CC(C)[C@@H](C(=O)NCc1ccccc1)[C@@H](O)[C@H](O)[C@H](Cc1ccccc1)NC(=O)c1ccc(SN2CCCC2)cc1. The van der Waals surface area contributed by atoms with Gasteiger partial charge in [-0.15, -0.1) is 0 Å². The highest BCUT2D eigenvalue weighted by molar-refractivity contribution is 7.97. The maximum Gasteiger partial charge on any atom is 0.251 e. The third-order valence-corrected chi connectivity index (χ3v) is 8.60. The molecule has 0 saturated carbocycles. The van der Waals surface area contributed by atoms with Gasteiger partial charge in [0.25, 0.3) is 5.91 Å². The van der Waals surface area contributed by atoms with Crippen LogP contribution in [-0.4, -0.2) is 57.7 Å². The van der Waals surface area contributed by atoms with Gasteiger partial charge in [0.05, 0.1) is 18.1 Å². The average Bonchev–Trinajstić information content (AvgIpc) is 3.49. The van der Waals surface area contributed by atoms with Crippen LogP contribution in [0.2, 0.25) is 0 Å². The minimum atomic E-state index is -1.39. The van der Waals surface area contributed by atoms with Crippen molar-refractivity contribution in [2.24, 2.45) is 11.8 Å². The Balaban J connectivity index is 1.47. The largest absolute Gasteiger partial charge is 0.390 e. The molecule has 4 rings (SSSR count). The smallest absolute Gasteiger partial charge is 0.251 e. The summed E-state index contributed by atoms with van der Waals surface area (Å²) >= 11 is 1.70. The predicted molar refractivity (Wildman–Crippen MR) is 163 cm³/mol. The molecule has 0 bridgehead atoms. The third kappa shape index (κ3) is 8.91. The van der Waals surface area contributed by atoms with Crippen molar-refractivity contribution in [1.82, 2.24) is 14.9 Å². The van der Waals surface area contributed by atoms with Crippen LogP contribution in [0.1, 0.15) is 48.2 Å². The van der Waals surface area contributed by atoms with E-state index in [-0.39, 0.29) is 17.7 Å². The molecule has 0 aromatic heterocycles. The summed E-state index contributed by atoms with van der Waals surface area (Å²) in [4.78, 5) is 27.6. The molecule has 1 fully saturated rings. The fourth-order valence-electron chi connectivity index (χ4n) is 5.18. The fraction of sp³-hybridized carbons (Fsp3) is 0.394. The Morgan fingerprint density at radius 2 is 1.41 bits per heavy atom. The Bertz CT molecular complexity index is 1230. The second-order valence-corrected chi connectivity index (χ2v) is 12.1. The number of aliphatic hydroxyl groups is 2. The van der Waals surface area contributed by atoms with Gasteiger partial charge in [0.15, 0.2) is 0 Å². The molecule has 3 aromatic carbocycles. The second-order valence-electron chi connectivity index (χ2n) is 11.0. The number of nitrogens with zero attached hydrogens (tertiary/aromatic N) is 1. The standard InChI is InChI=1S/C33H41N3O4S/c1-23(2)29(33(40)34-22-25-13-7-4-8-14-25)31(38)30(37)28(21-24-11-5-3-6-12-24)35-32(39)26-15-17-27(18-16-26)41-36-19-9-10-20-36/h3-8,11-18,23,28-31,37-38H,9-10,19-22H2,1-2H3,(H,34,40)(H,35,39)/t28-,29+,30+,31+/m0/s1. The zero-order valence-corrected chi connectivity index (χ0v) is 24.6.